The third kappa shape index (κ3) is 2.82. The molecule has 0 atom stereocenters. The zero-order valence-corrected chi connectivity index (χ0v) is 9.32. The molecule has 0 heterocycles. The van der Waals surface area contributed by atoms with Crippen LogP contribution in [0.15, 0.2) is 18.2 Å². The van der Waals surface area contributed by atoms with Crippen LogP contribution in [0.1, 0.15) is 28.4 Å². The second kappa shape index (κ2) is 5.30. The van der Waals surface area contributed by atoms with Crippen LogP contribution in [0.4, 0.5) is 0 Å². The van der Waals surface area contributed by atoms with Crippen molar-refractivity contribution < 1.29 is 19.4 Å². The molecule has 0 saturated carbocycles. The molecule has 0 bridgehead atoms. The van der Waals surface area contributed by atoms with Gasteiger partial charge in [-0.2, -0.15) is 0 Å². The number of carboxylic acid groups (broad SMARTS) is 1. The van der Waals surface area contributed by atoms with Crippen molar-refractivity contribution in [2.45, 2.75) is 19.8 Å². The third-order valence-electron chi connectivity index (χ3n) is 2.35. The minimum absolute atomic E-state index is 0.0754. The summed E-state index contributed by atoms with van der Waals surface area (Å²) in [5.74, 6) is -1.36. The fraction of sp³-hybridized carbons (Fsp3) is 0.333. The van der Waals surface area contributed by atoms with Gasteiger partial charge in [0.05, 0.1) is 19.1 Å². The Balaban J connectivity index is 3.10. The molecule has 0 saturated heterocycles. The first kappa shape index (κ1) is 12.2. The van der Waals surface area contributed by atoms with Gasteiger partial charge in [0.15, 0.2) is 0 Å². The number of hydrogen-bond acceptors (Lipinski definition) is 3. The lowest BCUT2D eigenvalue weighted by Crippen LogP contribution is -2.07. The molecule has 0 radical (unpaired) electrons. The van der Waals surface area contributed by atoms with Gasteiger partial charge >= 0.3 is 11.9 Å². The van der Waals surface area contributed by atoms with E-state index in [-0.39, 0.29) is 6.42 Å². The molecule has 4 heteroatoms. The number of rotatable bonds is 4. The van der Waals surface area contributed by atoms with E-state index >= 15 is 0 Å². The Hall–Kier alpha value is -1.84. The number of aryl methyl sites for hydroxylation is 1. The normalized spacial score (nSPS) is 9.88. The van der Waals surface area contributed by atoms with Gasteiger partial charge in [-0.25, -0.2) is 4.79 Å². The van der Waals surface area contributed by atoms with Crippen molar-refractivity contribution in [3.8, 4) is 0 Å². The molecule has 16 heavy (non-hydrogen) atoms. The minimum atomic E-state index is -0.906. The van der Waals surface area contributed by atoms with E-state index in [2.05, 4.69) is 4.74 Å². The molecule has 86 valence electrons. The zero-order valence-electron chi connectivity index (χ0n) is 9.32. The van der Waals surface area contributed by atoms with E-state index in [9.17, 15) is 9.59 Å². The number of benzene rings is 1. The van der Waals surface area contributed by atoms with Crippen LogP contribution in [-0.4, -0.2) is 24.2 Å². The molecule has 1 N–H and O–H groups in total. The lowest BCUT2D eigenvalue weighted by atomic mass is 9.99. The fourth-order valence-corrected chi connectivity index (χ4v) is 1.54. The Morgan fingerprint density at radius 1 is 1.31 bits per heavy atom. The molecule has 0 aromatic heterocycles. The molecule has 0 aliphatic carbocycles. The summed E-state index contributed by atoms with van der Waals surface area (Å²) in [6.45, 7) is 1.94. The predicted octanol–water partition coefficient (Wildman–Crippen LogP) is 1.66. The second-order valence-electron chi connectivity index (χ2n) is 3.40. The zero-order chi connectivity index (χ0) is 12.1. The number of esters is 1. The molecule has 1 rings (SSSR count). The Kier molecular flexibility index (Phi) is 4.05. The summed E-state index contributed by atoms with van der Waals surface area (Å²) in [4.78, 5) is 22.0. The van der Waals surface area contributed by atoms with Crippen LogP contribution in [0.2, 0.25) is 0 Å². The number of hydrogen-bond donors (Lipinski definition) is 1. The Morgan fingerprint density at radius 2 is 2.00 bits per heavy atom. The van der Waals surface area contributed by atoms with Crippen molar-refractivity contribution >= 4 is 11.9 Å². The van der Waals surface area contributed by atoms with Gasteiger partial charge in [0.25, 0.3) is 0 Å². The molecule has 0 fully saturated rings. The number of methoxy groups -OCH3 is 1. The smallest absolute Gasteiger partial charge is 0.337 e. The number of ether oxygens (including phenoxy) is 1. The molecular formula is C12H14O4. The second-order valence-corrected chi connectivity index (χ2v) is 3.40. The molecule has 1 aromatic rings. The highest BCUT2D eigenvalue weighted by Gasteiger charge is 2.11. The average molecular weight is 222 g/mol. The lowest BCUT2D eigenvalue weighted by molar-refractivity contribution is -0.136. The lowest BCUT2D eigenvalue weighted by Gasteiger charge is -2.07. The van der Waals surface area contributed by atoms with Crippen LogP contribution in [0.25, 0.3) is 0 Å². The van der Waals surface area contributed by atoms with Crippen molar-refractivity contribution in [2.75, 3.05) is 7.11 Å². The van der Waals surface area contributed by atoms with E-state index in [1.165, 1.54) is 7.11 Å². The molecule has 1 aromatic carbocycles. The molecule has 0 aliphatic rings. The van der Waals surface area contributed by atoms with Crippen molar-refractivity contribution in [1.82, 2.24) is 0 Å². The maximum atomic E-state index is 11.3. The molecular weight excluding hydrogens is 208 g/mol. The molecule has 0 amide bonds. The van der Waals surface area contributed by atoms with Crippen LogP contribution in [-0.2, 0) is 22.4 Å². The van der Waals surface area contributed by atoms with Gasteiger partial charge in [0, 0.05) is 0 Å². The van der Waals surface area contributed by atoms with E-state index in [0.29, 0.717) is 11.1 Å². The Bertz CT molecular complexity index is 409. The van der Waals surface area contributed by atoms with Crippen LogP contribution in [0.5, 0.6) is 0 Å². The van der Waals surface area contributed by atoms with Gasteiger partial charge in [0.1, 0.15) is 0 Å². The first-order valence-electron chi connectivity index (χ1n) is 5.00. The van der Waals surface area contributed by atoms with Gasteiger partial charge in [-0.1, -0.05) is 13.0 Å². The summed E-state index contributed by atoms with van der Waals surface area (Å²) in [5.41, 5.74) is 1.99. The molecule has 4 nitrogen and oxygen atoms in total. The summed E-state index contributed by atoms with van der Waals surface area (Å²) >= 11 is 0. The topological polar surface area (TPSA) is 63.6 Å². The average Bonchev–Trinajstić information content (AvgIpc) is 2.27. The van der Waals surface area contributed by atoms with Crippen LogP contribution in [0, 0.1) is 0 Å². The largest absolute Gasteiger partial charge is 0.481 e. The number of carbonyl (C=O) groups is 2. The summed E-state index contributed by atoms with van der Waals surface area (Å²) in [5, 5.41) is 8.76. The predicted molar refractivity (Wildman–Crippen MR) is 58.5 cm³/mol. The van der Waals surface area contributed by atoms with E-state index < -0.39 is 11.9 Å². The van der Waals surface area contributed by atoms with Crippen molar-refractivity contribution in [1.29, 1.82) is 0 Å². The quantitative estimate of drug-likeness (QED) is 0.787. The van der Waals surface area contributed by atoms with Crippen molar-refractivity contribution in [2.24, 2.45) is 0 Å². The van der Waals surface area contributed by atoms with E-state index in [1.54, 1.807) is 18.2 Å². The maximum Gasteiger partial charge on any atom is 0.337 e. The van der Waals surface area contributed by atoms with Gasteiger partial charge in [-0.15, -0.1) is 0 Å². The van der Waals surface area contributed by atoms with E-state index in [4.69, 9.17) is 5.11 Å². The van der Waals surface area contributed by atoms with Gasteiger partial charge in [0.2, 0.25) is 0 Å². The van der Waals surface area contributed by atoms with E-state index in [1.807, 2.05) is 6.92 Å². The van der Waals surface area contributed by atoms with E-state index in [0.717, 1.165) is 12.0 Å². The highest BCUT2D eigenvalue weighted by molar-refractivity contribution is 5.90. The minimum Gasteiger partial charge on any atom is -0.481 e. The van der Waals surface area contributed by atoms with Crippen molar-refractivity contribution in [3.05, 3.63) is 34.9 Å². The Labute approximate surface area is 93.9 Å². The summed E-state index contributed by atoms with van der Waals surface area (Å²) in [7, 11) is 1.30. The summed E-state index contributed by atoms with van der Waals surface area (Å²) < 4.78 is 4.58. The monoisotopic (exact) mass is 222 g/mol. The van der Waals surface area contributed by atoms with Gasteiger partial charge in [-0.3, -0.25) is 4.79 Å². The van der Waals surface area contributed by atoms with Crippen LogP contribution >= 0.6 is 0 Å². The maximum absolute atomic E-state index is 11.3. The number of carbonyl (C=O) groups excluding carboxylic acids is 1. The van der Waals surface area contributed by atoms with Crippen LogP contribution in [0.3, 0.4) is 0 Å². The SMILES string of the molecule is CCc1ccc(C(=O)OC)cc1CC(=O)O. The van der Waals surface area contributed by atoms with Crippen LogP contribution < -0.4 is 0 Å². The highest BCUT2D eigenvalue weighted by Crippen LogP contribution is 2.14. The summed E-state index contributed by atoms with van der Waals surface area (Å²) in [6.07, 6.45) is 0.665. The first-order valence-corrected chi connectivity index (χ1v) is 5.00. The third-order valence-corrected chi connectivity index (χ3v) is 2.35. The Morgan fingerprint density at radius 3 is 2.50 bits per heavy atom. The summed E-state index contributed by atoms with van der Waals surface area (Å²) in [6, 6.07) is 5.00. The first-order chi connectivity index (χ1) is 7.58. The fourth-order valence-electron chi connectivity index (χ4n) is 1.54. The van der Waals surface area contributed by atoms with Gasteiger partial charge < -0.3 is 9.84 Å². The van der Waals surface area contributed by atoms with Crippen molar-refractivity contribution in [3.63, 3.8) is 0 Å². The number of aliphatic carboxylic acids is 1. The molecule has 0 unspecified atom stereocenters. The molecule has 0 spiro atoms. The number of carboxylic acids is 1. The highest BCUT2D eigenvalue weighted by atomic mass is 16.5. The van der Waals surface area contributed by atoms with Gasteiger partial charge in [-0.05, 0) is 29.7 Å². The molecule has 0 aliphatic heterocycles. The standard InChI is InChI=1S/C12H14O4/c1-3-8-4-5-9(12(15)16-2)6-10(8)7-11(13)14/h4-6H,3,7H2,1-2H3,(H,13,14).